The van der Waals surface area contributed by atoms with E-state index < -0.39 is 35.9 Å². The van der Waals surface area contributed by atoms with E-state index in [1.165, 1.54) is 18.2 Å². The summed E-state index contributed by atoms with van der Waals surface area (Å²) >= 11 is 12.0. The van der Waals surface area contributed by atoms with Gasteiger partial charge in [-0.3, -0.25) is 9.59 Å². The van der Waals surface area contributed by atoms with Crippen molar-refractivity contribution in [2.75, 3.05) is 6.61 Å². The maximum absolute atomic E-state index is 14.6. The molecule has 1 heterocycles. The summed E-state index contributed by atoms with van der Waals surface area (Å²) in [5.41, 5.74) is 0.862. The molecule has 0 unspecified atom stereocenters. The van der Waals surface area contributed by atoms with E-state index >= 15 is 0 Å². The number of esters is 1. The van der Waals surface area contributed by atoms with Crippen molar-refractivity contribution < 1.29 is 23.5 Å². The van der Waals surface area contributed by atoms with Crippen LogP contribution in [0.2, 0.25) is 10.0 Å². The smallest absolute Gasteiger partial charge is 0.308 e. The molecule has 3 rings (SSSR count). The molecule has 2 aromatic rings. The Kier molecular flexibility index (Phi) is 7.34. The van der Waals surface area contributed by atoms with Gasteiger partial charge in [-0.05, 0) is 35.7 Å². The van der Waals surface area contributed by atoms with Crippen LogP contribution in [0.5, 0.6) is 0 Å². The van der Waals surface area contributed by atoms with Gasteiger partial charge in [0.25, 0.3) is 0 Å². The van der Waals surface area contributed by atoms with Gasteiger partial charge in [-0.15, -0.1) is 0 Å². The molecule has 0 aliphatic carbocycles. The van der Waals surface area contributed by atoms with E-state index in [2.05, 4.69) is 5.32 Å². The molecular weight excluding hydrogens is 432 g/mol. The average Bonchev–Trinajstić information content (AvgIpc) is 2.68. The number of hydrogen-bond donors (Lipinski definition) is 1. The fourth-order valence-electron chi connectivity index (χ4n) is 3.20. The molecule has 0 radical (unpaired) electrons. The van der Waals surface area contributed by atoms with Crippen LogP contribution in [0, 0.1) is 11.7 Å². The van der Waals surface area contributed by atoms with E-state index in [-0.39, 0.29) is 29.5 Å². The molecule has 0 aromatic heterocycles. The van der Waals surface area contributed by atoms with E-state index in [1.807, 2.05) is 13.8 Å². The third kappa shape index (κ3) is 5.50. The van der Waals surface area contributed by atoms with Crippen molar-refractivity contribution in [2.45, 2.75) is 38.5 Å². The van der Waals surface area contributed by atoms with Gasteiger partial charge in [0.15, 0.2) is 0 Å². The number of nitrogens with one attached hydrogen (secondary N) is 1. The molecule has 0 bridgehead atoms. The fourth-order valence-corrected chi connectivity index (χ4v) is 3.56. The largest absolute Gasteiger partial charge is 0.465 e. The van der Waals surface area contributed by atoms with Crippen molar-refractivity contribution >= 4 is 35.1 Å². The van der Waals surface area contributed by atoms with Crippen LogP contribution in [0.1, 0.15) is 43.5 Å². The summed E-state index contributed by atoms with van der Waals surface area (Å²) in [6.07, 6.45) is -2.08. The maximum atomic E-state index is 14.6. The van der Waals surface area contributed by atoms with Crippen molar-refractivity contribution in [3.8, 4) is 0 Å². The minimum absolute atomic E-state index is 0.173. The first kappa shape index (κ1) is 22.5. The van der Waals surface area contributed by atoms with Crippen molar-refractivity contribution in [3.05, 3.63) is 69.5 Å². The zero-order valence-electron chi connectivity index (χ0n) is 16.5. The number of carbonyl (C=O) groups is 2. The van der Waals surface area contributed by atoms with E-state index in [4.69, 9.17) is 32.7 Å². The Morgan fingerprint density at radius 3 is 2.60 bits per heavy atom. The number of ether oxygens (including phenoxy) is 2. The number of benzene rings is 2. The van der Waals surface area contributed by atoms with Gasteiger partial charge < -0.3 is 14.8 Å². The Morgan fingerprint density at radius 1 is 1.20 bits per heavy atom. The Labute approximate surface area is 184 Å². The third-order valence-corrected chi connectivity index (χ3v) is 5.08. The summed E-state index contributed by atoms with van der Waals surface area (Å²) in [5, 5.41) is 3.49. The number of morpholine rings is 1. The first-order valence-corrected chi connectivity index (χ1v) is 10.3. The lowest BCUT2D eigenvalue weighted by Crippen LogP contribution is -2.49. The zero-order chi connectivity index (χ0) is 21.8. The van der Waals surface area contributed by atoms with Gasteiger partial charge in [-0.25, -0.2) is 4.39 Å². The minimum atomic E-state index is -1.07. The Bertz CT molecular complexity index is 937. The number of rotatable bonds is 6. The second kappa shape index (κ2) is 9.77. The van der Waals surface area contributed by atoms with Crippen molar-refractivity contribution in [1.29, 1.82) is 0 Å². The van der Waals surface area contributed by atoms with E-state index in [0.717, 1.165) is 0 Å². The third-order valence-electron chi connectivity index (χ3n) is 4.61. The highest BCUT2D eigenvalue weighted by Gasteiger charge is 2.40. The van der Waals surface area contributed by atoms with Crippen molar-refractivity contribution in [1.82, 2.24) is 5.32 Å². The standard InChI is InChI=1S/C22H22Cl2FNO4/c1-12(2)11-29-19(27)10-18-22(28)26-20(16-7-6-15(24)9-17(16)25)21(30-18)13-4-3-5-14(23)8-13/h3-9,12,18,20-21H,10-11H2,1-2H3,(H,26,28)/t18-,20-,21-/m1/s1. The first-order chi connectivity index (χ1) is 14.2. The van der Waals surface area contributed by atoms with Gasteiger partial charge in [-0.2, -0.15) is 0 Å². The summed E-state index contributed by atoms with van der Waals surface area (Å²) in [4.78, 5) is 24.8. The highest BCUT2D eigenvalue weighted by molar-refractivity contribution is 6.30. The molecule has 1 amide bonds. The van der Waals surface area contributed by atoms with Crippen molar-refractivity contribution in [2.24, 2.45) is 5.92 Å². The van der Waals surface area contributed by atoms with Gasteiger partial charge in [0, 0.05) is 15.6 Å². The number of hydrogen-bond acceptors (Lipinski definition) is 4. The second-order valence-electron chi connectivity index (χ2n) is 7.53. The molecule has 1 aliphatic rings. The predicted molar refractivity (Wildman–Crippen MR) is 112 cm³/mol. The quantitative estimate of drug-likeness (QED) is 0.623. The fraction of sp³-hybridized carbons (Fsp3) is 0.364. The molecule has 160 valence electrons. The molecule has 0 saturated carbocycles. The predicted octanol–water partition coefficient (Wildman–Crippen LogP) is 5.02. The molecule has 1 N–H and O–H groups in total. The van der Waals surface area contributed by atoms with Crippen LogP contribution in [0.25, 0.3) is 0 Å². The summed E-state index contributed by atoms with van der Waals surface area (Å²) in [6.45, 7) is 4.08. The monoisotopic (exact) mass is 453 g/mol. The highest BCUT2D eigenvalue weighted by atomic mass is 35.5. The summed E-state index contributed by atoms with van der Waals surface area (Å²) in [5.74, 6) is -1.45. The van der Waals surface area contributed by atoms with E-state index in [0.29, 0.717) is 10.6 Å². The molecule has 1 saturated heterocycles. The number of amides is 1. The van der Waals surface area contributed by atoms with Gasteiger partial charge >= 0.3 is 5.97 Å². The SMILES string of the molecule is CC(C)COC(=O)C[C@H]1O[C@H](c2cccc(Cl)c2)[C@@H](c2ccc(Cl)cc2F)NC1=O. The lowest BCUT2D eigenvalue weighted by molar-refractivity contribution is -0.162. The summed E-state index contributed by atoms with van der Waals surface area (Å²) in [7, 11) is 0. The van der Waals surface area contributed by atoms with E-state index in [9.17, 15) is 14.0 Å². The Morgan fingerprint density at radius 2 is 1.93 bits per heavy atom. The topological polar surface area (TPSA) is 64.6 Å². The molecule has 0 spiro atoms. The molecule has 1 fully saturated rings. The second-order valence-corrected chi connectivity index (χ2v) is 8.41. The molecule has 2 aromatic carbocycles. The van der Waals surface area contributed by atoms with Crippen LogP contribution in [-0.2, 0) is 19.1 Å². The summed E-state index contributed by atoms with van der Waals surface area (Å²) < 4.78 is 25.8. The molecular formula is C22H22Cl2FNO4. The van der Waals surface area contributed by atoms with Crippen LogP contribution in [-0.4, -0.2) is 24.6 Å². The molecule has 8 heteroatoms. The normalized spacial score (nSPS) is 21.4. The average molecular weight is 454 g/mol. The van der Waals surface area contributed by atoms with E-state index in [1.54, 1.807) is 24.3 Å². The highest BCUT2D eigenvalue weighted by Crippen LogP contribution is 2.39. The Balaban J connectivity index is 1.89. The Hall–Kier alpha value is -2.15. The molecule has 3 atom stereocenters. The van der Waals surface area contributed by atoms with Gasteiger partial charge in [0.1, 0.15) is 18.0 Å². The maximum Gasteiger partial charge on any atom is 0.308 e. The van der Waals surface area contributed by atoms with Gasteiger partial charge in [-0.1, -0.05) is 55.2 Å². The number of carbonyl (C=O) groups excluding carboxylic acids is 2. The lowest BCUT2D eigenvalue weighted by atomic mass is 9.92. The van der Waals surface area contributed by atoms with Gasteiger partial charge in [0.2, 0.25) is 5.91 Å². The first-order valence-electron chi connectivity index (χ1n) is 9.56. The molecule has 30 heavy (non-hydrogen) atoms. The minimum Gasteiger partial charge on any atom is -0.465 e. The van der Waals surface area contributed by atoms with Crippen LogP contribution < -0.4 is 5.32 Å². The number of halogens is 3. The van der Waals surface area contributed by atoms with Crippen LogP contribution in [0.4, 0.5) is 4.39 Å². The lowest BCUT2D eigenvalue weighted by Gasteiger charge is -2.37. The van der Waals surface area contributed by atoms with Gasteiger partial charge in [0.05, 0.1) is 19.1 Å². The van der Waals surface area contributed by atoms with Crippen molar-refractivity contribution in [3.63, 3.8) is 0 Å². The van der Waals surface area contributed by atoms with Crippen LogP contribution >= 0.6 is 23.2 Å². The molecule has 5 nitrogen and oxygen atoms in total. The van der Waals surface area contributed by atoms with Crippen LogP contribution in [0.15, 0.2) is 42.5 Å². The summed E-state index contributed by atoms with van der Waals surface area (Å²) in [6, 6.07) is 10.3. The zero-order valence-corrected chi connectivity index (χ0v) is 18.0. The van der Waals surface area contributed by atoms with Crippen LogP contribution in [0.3, 0.4) is 0 Å². The molecule has 1 aliphatic heterocycles.